The van der Waals surface area contributed by atoms with Gasteiger partial charge in [-0.05, 0) is 26.4 Å². The molecule has 0 rings (SSSR count). The normalized spacial score (nSPS) is 10.0. The van der Waals surface area contributed by atoms with Crippen molar-refractivity contribution in [2.75, 3.05) is 13.1 Å². The van der Waals surface area contributed by atoms with Gasteiger partial charge >= 0.3 is 0 Å². The summed E-state index contributed by atoms with van der Waals surface area (Å²) >= 11 is 0. The van der Waals surface area contributed by atoms with Crippen molar-refractivity contribution < 1.29 is 9.59 Å². The fourth-order valence-electron chi connectivity index (χ4n) is 1.03. The van der Waals surface area contributed by atoms with Crippen LogP contribution in [0, 0.1) is 0 Å². The zero-order chi connectivity index (χ0) is 10.1. The lowest BCUT2D eigenvalue weighted by atomic mass is 10.1. The summed E-state index contributed by atoms with van der Waals surface area (Å²) < 4.78 is 0. The minimum atomic E-state index is 0.0973. The van der Waals surface area contributed by atoms with Crippen LogP contribution in [0.1, 0.15) is 39.5 Å². The van der Waals surface area contributed by atoms with E-state index in [4.69, 9.17) is 0 Å². The van der Waals surface area contributed by atoms with Crippen molar-refractivity contribution in [3.63, 3.8) is 0 Å². The van der Waals surface area contributed by atoms with Crippen LogP contribution in [-0.4, -0.2) is 24.7 Å². The minimum absolute atomic E-state index is 0.0973. The minimum Gasteiger partial charge on any atom is -0.317 e. The molecule has 0 bridgehead atoms. The lowest BCUT2D eigenvalue weighted by Gasteiger charge is -2.00. The molecular formula is C10H19NO2. The Morgan fingerprint density at radius 3 is 2.38 bits per heavy atom. The molecule has 0 aliphatic heterocycles. The van der Waals surface area contributed by atoms with Gasteiger partial charge in [0.05, 0.1) is 0 Å². The Morgan fingerprint density at radius 1 is 1.15 bits per heavy atom. The molecule has 0 spiro atoms. The van der Waals surface area contributed by atoms with Gasteiger partial charge in [-0.1, -0.05) is 6.92 Å². The van der Waals surface area contributed by atoms with E-state index in [0.29, 0.717) is 19.3 Å². The number of hydrogen-bond acceptors (Lipinski definition) is 3. The zero-order valence-electron chi connectivity index (χ0n) is 8.56. The molecule has 1 N–H and O–H groups in total. The second-order valence-corrected chi connectivity index (χ2v) is 3.20. The molecule has 0 unspecified atom stereocenters. The standard InChI is InChI=1S/C10H19NO2/c1-3-11-8-4-5-10(13)7-6-9(2)12/h11H,3-8H2,1-2H3. The van der Waals surface area contributed by atoms with Gasteiger partial charge in [0.15, 0.2) is 0 Å². The van der Waals surface area contributed by atoms with E-state index >= 15 is 0 Å². The molecule has 3 heteroatoms. The van der Waals surface area contributed by atoms with E-state index in [1.165, 1.54) is 6.92 Å². The molecule has 76 valence electrons. The number of Topliss-reactive ketones (excluding diaryl/α,β-unsaturated/α-hetero) is 2. The summed E-state index contributed by atoms with van der Waals surface area (Å²) in [7, 11) is 0. The van der Waals surface area contributed by atoms with Gasteiger partial charge in [-0.2, -0.15) is 0 Å². The number of rotatable bonds is 8. The maximum atomic E-state index is 11.1. The van der Waals surface area contributed by atoms with E-state index < -0.39 is 0 Å². The summed E-state index contributed by atoms with van der Waals surface area (Å²) in [6.45, 7) is 5.40. The third kappa shape index (κ3) is 9.21. The first-order chi connectivity index (χ1) is 6.16. The maximum absolute atomic E-state index is 11.1. The number of hydrogen-bond donors (Lipinski definition) is 1. The molecule has 0 saturated carbocycles. The van der Waals surface area contributed by atoms with E-state index in [1.807, 2.05) is 6.92 Å². The van der Waals surface area contributed by atoms with Crippen molar-refractivity contribution in [3.8, 4) is 0 Å². The molecule has 0 aromatic carbocycles. The average Bonchev–Trinajstić information content (AvgIpc) is 2.09. The second-order valence-electron chi connectivity index (χ2n) is 3.20. The van der Waals surface area contributed by atoms with Gasteiger partial charge in [0, 0.05) is 19.3 Å². The summed E-state index contributed by atoms with van der Waals surface area (Å²) in [4.78, 5) is 21.7. The predicted octanol–water partition coefficient (Wildman–Crippen LogP) is 1.31. The highest BCUT2D eigenvalue weighted by Crippen LogP contribution is 1.98. The van der Waals surface area contributed by atoms with Crippen LogP contribution < -0.4 is 5.32 Å². The van der Waals surface area contributed by atoms with Crippen LogP contribution in [0.25, 0.3) is 0 Å². The Morgan fingerprint density at radius 2 is 1.85 bits per heavy atom. The highest BCUT2D eigenvalue weighted by atomic mass is 16.1. The fraction of sp³-hybridized carbons (Fsp3) is 0.800. The summed E-state index contributed by atoms with van der Waals surface area (Å²) in [6.07, 6.45) is 2.30. The van der Waals surface area contributed by atoms with Crippen molar-refractivity contribution in [1.82, 2.24) is 5.32 Å². The Bertz CT molecular complexity index is 166. The quantitative estimate of drug-likeness (QED) is 0.580. The van der Waals surface area contributed by atoms with E-state index in [-0.39, 0.29) is 11.6 Å². The molecule has 13 heavy (non-hydrogen) atoms. The third-order valence-electron chi connectivity index (χ3n) is 1.82. The van der Waals surface area contributed by atoms with Crippen LogP contribution in [0.3, 0.4) is 0 Å². The summed E-state index contributed by atoms with van der Waals surface area (Å²) in [5.41, 5.74) is 0. The Hall–Kier alpha value is -0.700. The molecule has 0 heterocycles. The van der Waals surface area contributed by atoms with Crippen molar-refractivity contribution in [3.05, 3.63) is 0 Å². The Balaban J connectivity index is 3.25. The van der Waals surface area contributed by atoms with Gasteiger partial charge in [0.1, 0.15) is 11.6 Å². The van der Waals surface area contributed by atoms with Crippen LogP contribution in [0.2, 0.25) is 0 Å². The Kier molecular flexibility index (Phi) is 7.50. The summed E-state index contributed by atoms with van der Waals surface area (Å²) in [5, 5.41) is 3.15. The molecular weight excluding hydrogens is 166 g/mol. The highest BCUT2D eigenvalue weighted by molar-refractivity contribution is 5.84. The van der Waals surface area contributed by atoms with E-state index in [2.05, 4.69) is 5.32 Å². The van der Waals surface area contributed by atoms with Crippen LogP contribution in [0.15, 0.2) is 0 Å². The zero-order valence-corrected chi connectivity index (χ0v) is 8.56. The van der Waals surface area contributed by atoms with Gasteiger partial charge in [-0.3, -0.25) is 4.79 Å². The third-order valence-corrected chi connectivity index (χ3v) is 1.82. The Labute approximate surface area is 79.9 Å². The lowest BCUT2D eigenvalue weighted by molar-refractivity contribution is -0.123. The topological polar surface area (TPSA) is 46.2 Å². The molecule has 0 aliphatic carbocycles. The van der Waals surface area contributed by atoms with Crippen LogP contribution in [0.4, 0.5) is 0 Å². The maximum Gasteiger partial charge on any atom is 0.133 e. The van der Waals surface area contributed by atoms with Gasteiger partial charge < -0.3 is 10.1 Å². The van der Waals surface area contributed by atoms with E-state index in [9.17, 15) is 9.59 Å². The molecule has 0 amide bonds. The SMILES string of the molecule is CCNCCCC(=O)CCC(C)=O. The largest absolute Gasteiger partial charge is 0.317 e. The van der Waals surface area contributed by atoms with Crippen molar-refractivity contribution in [2.24, 2.45) is 0 Å². The van der Waals surface area contributed by atoms with Crippen LogP contribution >= 0.6 is 0 Å². The van der Waals surface area contributed by atoms with Gasteiger partial charge in [-0.25, -0.2) is 0 Å². The molecule has 0 saturated heterocycles. The average molecular weight is 185 g/mol. The summed E-state index contributed by atoms with van der Waals surface area (Å²) in [5.74, 6) is 0.299. The first-order valence-corrected chi connectivity index (χ1v) is 4.88. The van der Waals surface area contributed by atoms with Crippen LogP contribution in [-0.2, 0) is 9.59 Å². The van der Waals surface area contributed by atoms with Crippen LogP contribution in [0.5, 0.6) is 0 Å². The van der Waals surface area contributed by atoms with Gasteiger partial charge in [0.2, 0.25) is 0 Å². The lowest BCUT2D eigenvalue weighted by Crippen LogP contribution is -2.15. The first-order valence-electron chi connectivity index (χ1n) is 4.88. The van der Waals surface area contributed by atoms with Gasteiger partial charge in [-0.15, -0.1) is 0 Å². The van der Waals surface area contributed by atoms with E-state index in [1.54, 1.807) is 0 Å². The molecule has 0 aromatic rings. The molecule has 3 nitrogen and oxygen atoms in total. The van der Waals surface area contributed by atoms with Crippen molar-refractivity contribution in [2.45, 2.75) is 39.5 Å². The monoisotopic (exact) mass is 185 g/mol. The number of ketones is 2. The molecule has 0 aliphatic rings. The fourth-order valence-corrected chi connectivity index (χ4v) is 1.03. The molecule has 0 aromatic heterocycles. The van der Waals surface area contributed by atoms with Gasteiger partial charge in [0.25, 0.3) is 0 Å². The number of nitrogens with one attached hydrogen (secondary N) is 1. The highest BCUT2D eigenvalue weighted by Gasteiger charge is 2.02. The summed E-state index contributed by atoms with van der Waals surface area (Å²) in [6, 6.07) is 0. The number of carbonyl (C=O) groups is 2. The number of carbonyl (C=O) groups excluding carboxylic acids is 2. The molecule has 0 radical (unpaired) electrons. The first kappa shape index (κ1) is 12.3. The smallest absolute Gasteiger partial charge is 0.133 e. The molecule has 0 fully saturated rings. The predicted molar refractivity (Wildman–Crippen MR) is 52.7 cm³/mol. The van der Waals surface area contributed by atoms with Crippen molar-refractivity contribution in [1.29, 1.82) is 0 Å². The second kappa shape index (κ2) is 7.92. The van der Waals surface area contributed by atoms with E-state index in [0.717, 1.165) is 19.5 Å². The molecule has 0 atom stereocenters. The van der Waals surface area contributed by atoms with Crippen molar-refractivity contribution >= 4 is 11.6 Å².